The maximum atomic E-state index is 12.3. The van der Waals surface area contributed by atoms with E-state index in [-0.39, 0.29) is 11.8 Å². The Hall–Kier alpha value is -1.51. The molecule has 0 aromatic heterocycles. The number of rotatable bonds is 6. The van der Waals surface area contributed by atoms with Crippen LogP contribution in [0.2, 0.25) is 0 Å². The predicted molar refractivity (Wildman–Crippen MR) is 76.0 cm³/mol. The molecule has 0 bridgehead atoms. The van der Waals surface area contributed by atoms with Crippen LogP contribution in [0.3, 0.4) is 0 Å². The molecule has 18 heavy (non-hydrogen) atoms. The first-order chi connectivity index (χ1) is 8.60. The highest BCUT2D eigenvalue weighted by Crippen LogP contribution is 2.16. The second-order valence-corrected chi connectivity index (χ2v) is 4.74. The van der Waals surface area contributed by atoms with Gasteiger partial charge >= 0.3 is 0 Å². The molecule has 1 atom stereocenters. The number of hydrogen-bond donors (Lipinski definition) is 1. The van der Waals surface area contributed by atoms with Crippen molar-refractivity contribution >= 4 is 11.6 Å². The van der Waals surface area contributed by atoms with Gasteiger partial charge in [0, 0.05) is 24.7 Å². The summed E-state index contributed by atoms with van der Waals surface area (Å²) in [4.78, 5) is 14.1. The summed E-state index contributed by atoms with van der Waals surface area (Å²) >= 11 is 0. The molecule has 0 aliphatic heterocycles. The molecule has 3 nitrogen and oxygen atoms in total. The van der Waals surface area contributed by atoms with E-state index >= 15 is 0 Å². The van der Waals surface area contributed by atoms with Gasteiger partial charge < -0.3 is 10.6 Å². The van der Waals surface area contributed by atoms with Gasteiger partial charge in [-0.1, -0.05) is 38.5 Å². The van der Waals surface area contributed by atoms with E-state index in [0.717, 1.165) is 30.6 Å². The fourth-order valence-electron chi connectivity index (χ4n) is 2.10. The summed E-state index contributed by atoms with van der Waals surface area (Å²) in [5, 5.41) is 0. The van der Waals surface area contributed by atoms with Crippen LogP contribution in [0.1, 0.15) is 39.2 Å². The largest absolute Gasteiger partial charge is 0.398 e. The Morgan fingerprint density at radius 1 is 1.33 bits per heavy atom. The van der Waals surface area contributed by atoms with Crippen molar-refractivity contribution in [2.75, 3.05) is 12.3 Å². The summed E-state index contributed by atoms with van der Waals surface area (Å²) in [5.41, 5.74) is 7.70. The highest BCUT2D eigenvalue weighted by atomic mass is 16.2. The summed E-state index contributed by atoms with van der Waals surface area (Å²) in [7, 11) is 0. The van der Waals surface area contributed by atoms with Crippen molar-refractivity contribution in [3.63, 3.8) is 0 Å². The first kappa shape index (κ1) is 14.6. The average molecular weight is 248 g/mol. The molecule has 1 aromatic carbocycles. The number of amides is 1. The fraction of sp³-hybridized carbons (Fsp3) is 0.533. The fourth-order valence-corrected chi connectivity index (χ4v) is 2.10. The highest BCUT2D eigenvalue weighted by molar-refractivity contribution is 5.78. The molecule has 0 heterocycles. The number of benzene rings is 1. The van der Waals surface area contributed by atoms with E-state index in [0.29, 0.717) is 6.54 Å². The van der Waals surface area contributed by atoms with Crippen LogP contribution >= 0.6 is 0 Å². The zero-order chi connectivity index (χ0) is 13.5. The maximum absolute atomic E-state index is 12.3. The lowest BCUT2D eigenvalue weighted by Crippen LogP contribution is -2.34. The van der Waals surface area contributed by atoms with Gasteiger partial charge in [-0.3, -0.25) is 4.79 Å². The molecule has 0 spiro atoms. The third-order valence-electron chi connectivity index (χ3n) is 3.25. The van der Waals surface area contributed by atoms with Crippen LogP contribution in [-0.2, 0) is 11.3 Å². The Bertz CT molecular complexity index is 390. The maximum Gasteiger partial charge on any atom is 0.225 e. The summed E-state index contributed by atoms with van der Waals surface area (Å²) in [5.74, 6) is 0.322. The number of para-hydroxylation sites is 1. The van der Waals surface area contributed by atoms with Crippen molar-refractivity contribution in [3.05, 3.63) is 29.8 Å². The lowest BCUT2D eigenvalue weighted by molar-refractivity contribution is -0.135. The van der Waals surface area contributed by atoms with Crippen molar-refractivity contribution < 1.29 is 4.79 Å². The first-order valence-corrected chi connectivity index (χ1v) is 6.72. The summed E-state index contributed by atoms with van der Waals surface area (Å²) in [6.45, 7) is 7.45. The van der Waals surface area contributed by atoms with Gasteiger partial charge in [0.1, 0.15) is 0 Å². The van der Waals surface area contributed by atoms with E-state index in [1.165, 1.54) is 0 Å². The average Bonchev–Trinajstić information content (AvgIpc) is 2.37. The minimum Gasteiger partial charge on any atom is -0.398 e. The molecule has 0 aliphatic carbocycles. The standard InChI is InChI=1S/C15H24N2O/c1-4-8-12(3)15(18)17(5-2)11-13-9-6-7-10-14(13)16/h6-7,9-10,12H,4-5,8,11,16H2,1-3H3. The SMILES string of the molecule is CCCC(C)C(=O)N(CC)Cc1ccccc1N. The predicted octanol–water partition coefficient (Wildman–Crippen LogP) is 3.05. The van der Waals surface area contributed by atoms with Crippen LogP contribution in [0.4, 0.5) is 5.69 Å². The molecule has 0 saturated heterocycles. The minimum absolute atomic E-state index is 0.0971. The van der Waals surface area contributed by atoms with Gasteiger partial charge in [-0.05, 0) is 25.0 Å². The van der Waals surface area contributed by atoms with Gasteiger partial charge in [-0.2, -0.15) is 0 Å². The normalized spacial score (nSPS) is 12.2. The van der Waals surface area contributed by atoms with Gasteiger partial charge in [-0.25, -0.2) is 0 Å². The Kier molecular flexibility index (Phi) is 5.69. The summed E-state index contributed by atoms with van der Waals surface area (Å²) < 4.78 is 0. The lowest BCUT2D eigenvalue weighted by atomic mass is 10.0. The molecule has 1 amide bonds. The third-order valence-corrected chi connectivity index (χ3v) is 3.25. The molecule has 100 valence electrons. The van der Waals surface area contributed by atoms with Gasteiger partial charge in [0.15, 0.2) is 0 Å². The Morgan fingerprint density at radius 3 is 2.56 bits per heavy atom. The van der Waals surface area contributed by atoms with Crippen LogP contribution in [0.25, 0.3) is 0 Å². The third kappa shape index (κ3) is 3.76. The van der Waals surface area contributed by atoms with Crippen LogP contribution < -0.4 is 5.73 Å². The second-order valence-electron chi connectivity index (χ2n) is 4.74. The molecule has 3 heteroatoms. The van der Waals surface area contributed by atoms with E-state index in [9.17, 15) is 4.79 Å². The molecule has 0 fully saturated rings. The number of carbonyl (C=O) groups is 1. The monoisotopic (exact) mass is 248 g/mol. The van der Waals surface area contributed by atoms with E-state index in [1.54, 1.807) is 0 Å². The summed E-state index contributed by atoms with van der Waals surface area (Å²) in [6.07, 6.45) is 1.98. The van der Waals surface area contributed by atoms with Gasteiger partial charge in [0.05, 0.1) is 0 Å². The van der Waals surface area contributed by atoms with Crippen LogP contribution in [0, 0.1) is 5.92 Å². The molecular weight excluding hydrogens is 224 g/mol. The Balaban J connectivity index is 2.73. The zero-order valence-electron chi connectivity index (χ0n) is 11.6. The molecule has 0 aliphatic rings. The quantitative estimate of drug-likeness (QED) is 0.786. The van der Waals surface area contributed by atoms with E-state index in [4.69, 9.17) is 5.73 Å². The second kappa shape index (κ2) is 7.04. The smallest absolute Gasteiger partial charge is 0.225 e. The van der Waals surface area contributed by atoms with Crippen molar-refractivity contribution in [1.29, 1.82) is 0 Å². The van der Waals surface area contributed by atoms with E-state index < -0.39 is 0 Å². The van der Waals surface area contributed by atoms with Crippen molar-refractivity contribution in [2.45, 2.75) is 40.2 Å². The van der Waals surface area contributed by atoms with E-state index in [2.05, 4.69) is 6.92 Å². The molecular formula is C15H24N2O. The Morgan fingerprint density at radius 2 is 2.00 bits per heavy atom. The lowest BCUT2D eigenvalue weighted by Gasteiger charge is -2.25. The van der Waals surface area contributed by atoms with Crippen molar-refractivity contribution in [3.8, 4) is 0 Å². The molecule has 1 unspecified atom stereocenters. The number of hydrogen-bond acceptors (Lipinski definition) is 2. The highest BCUT2D eigenvalue weighted by Gasteiger charge is 2.19. The number of anilines is 1. The summed E-state index contributed by atoms with van der Waals surface area (Å²) in [6, 6.07) is 7.73. The zero-order valence-corrected chi connectivity index (χ0v) is 11.6. The van der Waals surface area contributed by atoms with Gasteiger partial charge in [0.25, 0.3) is 0 Å². The topological polar surface area (TPSA) is 46.3 Å². The van der Waals surface area contributed by atoms with E-state index in [1.807, 2.05) is 43.0 Å². The number of nitrogen functional groups attached to an aromatic ring is 1. The molecule has 2 N–H and O–H groups in total. The van der Waals surface area contributed by atoms with Gasteiger partial charge in [0.2, 0.25) is 5.91 Å². The minimum atomic E-state index is 0.0971. The van der Waals surface area contributed by atoms with Crippen LogP contribution in [-0.4, -0.2) is 17.4 Å². The molecule has 0 saturated carbocycles. The van der Waals surface area contributed by atoms with Crippen molar-refractivity contribution in [2.24, 2.45) is 5.92 Å². The molecule has 1 aromatic rings. The van der Waals surface area contributed by atoms with Crippen LogP contribution in [0.15, 0.2) is 24.3 Å². The number of nitrogens with two attached hydrogens (primary N) is 1. The van der Waals surface area contributed by atoms with Crippen molar-refractivity contribution in [1.82, 2.24) is 4.90 Å². The number of carbonyl (C=O) groups excluding carboxylic acids is 1. The van der Waals surface area contributed by atoms with Gasteiger partial charge in [-0.15, -0.1) is 0 Å². The van der Waals surface area contributed by atoms with Crippen LogP contribution in [0.5, 0.6) is 0 Å². The molecule has 0 radical (unpaired) electrons. The molecule has 1 rings (SSSR count). The number of nitrogens with zero attached hydrogens (tertiary/aromatic N) is 1. The Labute approximate surface area is 110 Å². The first-order valence-electron chi connectivity index (χ1n) is 6.72.